The summed E-state index contributed by atoms with van der Waals surface area (Å²) in [6, 6.07) is 7.27. The number of nitrogens with one attached hydrogen (secondary N) is 1. The van der Waals surface area contributed by atoms with Crippen LogP contribution < -0.4 is 10.1 Å². The van der Waals surface area contributed by atoms with E-state index in [-0.39, 0.29) is 0 Å². The number of ether oxygens (including phenoxy) is 1. The van der Waals surface area contributed by atoms with Crippen LogP contribution in [-0.4, -0.2) is 19.2 Å². The lowest BCUT2D eigenvalue weighted by molar-refractivity contribution is 0.293. The van der Waals surface area contributed by atoms with Gasteiger partial charge in [0, 0.05) is 12.6 Å². The third-order valence-electron chi connectivity index (χ3n) is 4.87. The van der Waals surface area contributed by atoms with Crippen molar-refractivity contribution in [3.8, 4) is 5.75 Å². The molecule has 2 aliphatic rings. The Hall–Kier alpha value is -1.02. The average Bonchev–Trinajstić information content (AvgIpc) is 3.32. The van der Waals surface area contributed by atoms with Crippen LogP contribution in [0.2, 0.25) is 0 Å². The zero-order chi connectivity index (χ0) is 14.8. The minimum absolute atomic E-state index is 0.582. The van der Waals surface area contributed by atoms with Gasteiger partial charge in [-0.1, -0.05) is 19.9 Å². The van der Waals surface area contributed by atoms with Gasteiger partial charge in [-0.2, -0.15) is 0 Å². The molecule has 0 aliphatic heterocycles. The maximum atomic E-state index is 5.91. The molecule has 2 saturated carbocycles. The molecular weight excluding hydrogens is 258 g/mol. The standard InChI is InChI=1S/C19H29NO/c1-13(2)18-9-8-17(12-14(18)3)21-11-10-20-19(15-4-5-15)16-6-7-16/h8-9,12-13,15-16,19-20H,4-7,10-11H2,1-3H3. The third-order valence-corrected chi connectivity index (χ3v) is 4.87. The second-order valence-electron chi connectivity index (χ2n) is 7.18. The maximum Gasteiger partial charge on any atom is 0.119 e. The van der Waals surface area contributed by atoms with Crippen molar-refractivity contribution in [1.29, 1.82) is 0 Å². The van der Waals surface area contributed by atoms with E-state index >= 15 is 0 Å². The Balaban J connectivity index is 1.43. The largest absolute Gasteiger partial charge is 0.492 e. The highest BCUT2D eigenvalue weighted by Gasteiger charge is 2.40. The highest BCUT2D eigenvalue weighted by Crippen LogP contribution is 2.44. The van der Waals surface area contributed by atoms with Gasteiger partial charge in [0.25, 0.3) is 0 Å². The first-order valence-corrected chi connectivity index (χ1v) is 8.62. The van der Waals surface area contributed by atoms with Gasteiger partial charge in [-0.15, -0.1) is 0 Å². The molecule has 2 aliphatic carbocycles. The number of rotatable bonds is 8. The first-order chi connectivity index (χ1) is 10.1. The highest BCUT2D eigenvalue weighted by atomic mass is 16.5. The molecule has 0 bridgehead atoms. The summed E-state index contributed by atoms with van der Waals surface area (Å²) in [5.41, 5.74) is 2.76. The molecule has 0 saturated heterocycles. The van der Waals surface area contributed by atoms with E-state index in [4.69, 9.17) is 4.74 Å². The van der Waals surface area contributed by atoms with Crippen LogP contribution in [0.25, 0.3) is 0 Å². The summed E-state index contributed by atoms with van der Waals surface area (Å²) in [6.07, 6.45) is 5.74. The first-order valence-electron chi connectivity index (χ1n) is 8.62. The normalized spacial score (nSPS) is 18.5. The summed E-state index contributed by atoms with van der Waals surface area (Å²) in [7, 11) is 0. The van der Waals surface area contributed by atoms with Crippen molar-refractivity contribution in [2.45, 2.75) is 58.4 Å². The molecule has 0 radical (unpaired) electrons. The SMILES string of the molecule is Cc1cc(OCCNC(C2CC2)C2CC2)ccc1C(C)C. The molecule has 0 atom stereocenters. The van der Waals surface area contributed by atoms with Crippen molar-refractivity contribution in [3.63, 3.8) is 0 Å². The molecule has 0 unspecified atom stereocenters. The number of hydrogen-bond acceptors (Lipinski definition) is 2. The van der Waals surface area contributed by atoms with E-state index in [1.54, 1.807) is 0 Å². The van der Waals surface area contributed by atoms with Gasteiger partial charge in [-0.25, -0.2) is 0 Å². The van der Waals surface area contributed by atoms with Crippen molar-refractivity contribution < 1.29 is 4.74 Å². The second kappa shape index (κ2) is 6.39. The Labute approximate surface area is 129 Å². The van der Waals surface area contributed by atoms with Crippen LogP contribution in [0.3, 0.4) is 0 Å². The number of aryl methyl sites for hydroxylation is 1. The van der Waals surface area contributed by atoms with Crippen molar-refractivity contribution in [3.05, 3.63) is 29.3 Å². The lowest BCUT2D eigenvalue weighted by atomic mass is 9.98. The van der Waals surface area contributed by atoms with E-state index in [1.807, 2.05) is 0 Å². The fourth-order valence-electron chi connectivity index (χ4n) is 3.41. The van der Waals surface area contributed by atoms with Crippen LogP contribution in [0.15, 0.2) is 18.2 Å². The first kappa shape index (κ1) is 14.9. The molecule has 0 heterocycles. The van der Waals surface area contributed by atoms with Crippen molar-refractivity contribution >= 4 is 0 Å². The van der Waals surface area contributed by atoms with E-state index in [9.17, 15) is 0 Å². The molecule has 2 heteroatoms. The smallest absolute Gasteiger partial charge is 0.119 e. The molecule has 2 fully saturated rings. The third kappa shape index (κ3) is 4.00. The molecule has 3 rings (SSSR count). The van der Waals surface area contributed by atoms with Crippen LogP contribution in [-0.2, 0) is 0 Å². The van der Waals surface area contributed by atoms with E-state index in [1.165, 1.54) is 36.8 Å². The number of hydrogen-bond donors (Lipinski definition) is 1. The van der Waals surface area contributed by atoms with Gasteiger partial charge in [0.1, 0.15) is 12.4 Å². The highest BCUT2D eigenvalue weighted by molar-refractivity contribution is 5.36. The molecule has 1 aromatic carbocycles. The molecule has 1 aromatic rings. The Kier molecular flexibility index (Phi) is 4.54. The Morgan fingerprint density at radius 3 is 2.33 bits per heavy atom. The fraction of sp³-hybridized carbons (Fsp3) is 0.684. The van der Waals surface area contributed by atoms with Crippen molar-refractivity contribution in [2.24, 2.45) is 11.8 Å². The maximum absolute atomic E-state index is 5.91. The molecule has 0 aromatic heterocycles. The average molecular weight is 287 g/mol. The van der Waals surface area contributed by atoms with E-state index < -0.39 is 0 Å². The quantitative estimate of drug-likeness (QED) is 0.721. The van der Waals surface area contributed by atoms with E-state index in [0.29, 0.717) is 5.92 Å². The summed E-state index contributed by atoms with van der Waals surface area (Å²) in [5.74, 6) is 3.52. The van der Waals surface area contributed by atoms with Gasteiger partial charge in [-0.05, 0) is 73.6 Å². The zero-order valence-electron chi connectivity index (χ0n) is 13.7. The molecule has 0 spiro atoms. The Bertz CT molecular complexity index is 462. The molecule has 21 heavy (non-hydrogen) atoms. The van der Waals surface area contributed by atoms with Crippen LogP contribution in [0.4, 0.5) is 0 Å². The lowest BCUT2D eigenvalue weighted by Gasteiger charge is -2.18. The summed E-state index contributed by atoms with van der Waals surface area (Å²) < 4.78 is 5.91. The zero-order valence-corrected chi connectivity index (χ0v) is 13.7. The Morgan fingerprint density at radius 2 is 1.81 bits per heavy atom. The van der Waals surface area contributed by atoms with Crippen molar-refractivity contribution in [2.75, 3.05) is 13.2 Å². The molecular formula is C19H29NO. The van der Waals surface area contributed by atoms with Crippen LogP contribution in [0.5, 0.6) is 5.75 Å². The van der Waals surface area contributed by atoms with E-state index in [2.05, 4.69) is 44.3 Å². The summed E-state index contributed by atoms with van der Waals surface area (Å²) >= 11 is 0. The van der Waals surface area contributed by atoms with Gasteiger partial charge in [0.2, 0.25) is 0 Å². The van der Waals surface area contributed by atoms with Gasteiger partial charge < -0.3 is 10.1 Å². The summed E-state index contributed by atoms with van der Waals surface area (Å²) in [4.78, 5) is 0. The second-order valence-corrected chi connectivity index (χ2v) is 7.18. The summed E-state index contributed by atoms with van der Waals surface area (Å²) in [6.45, 7) is 8.40. The topological polar surface area (TPSA) is 21.3 Å². The van der Waals surface area contributed by atoms with Crippen molar-refractivity contribution in [1.82, 2.24) is 5.32 Å². The van der Waals surface area contributed by atoms with Gasteiger partial charge in [-0.3, -0.25) is 0 Å². The minimum atomic E-state index is 0.582. The number of benzene rings is 1. The Morgan fingerprint density at radius 1 is 1.14 bits per heavy atom. The minimum Gasteiger partial charge on any atom is -0.492 e. The lowest BCUT2D eigenvalue weighted by Crippen LogP contribution is -2.36. The van der Waals surface area contributed by atoms with Gasteiger partial charge in [0.15, 0.2) is 0 Å². The predicted octanol–water partition coefficient (Wildman–Crippen LogP) is 4.28. The molecule has 116 valence electrons. The summed E-state index contributed by atoms with van der Waals surface area (Å²) in [5, 5.41) is 3.73. The van der Waals surface area contributed by atoms with Gasteiger partial charge >= 0.3 is 0 Å². The van der Waals surface area contributed by atoms with Crippen LogP contribution >= 0.6 is 0 Å². The van der Waals surface area contributed by atoms with Crippen LogP contribution in [0, 0.1) is 18.8 Å². The molecule has 0 amide bonds. The van der Waals surface area contributed by atoms with Gasteiger partial charge in [0.05, 0.1) is 0 Å². The predicted molar refractivity (Wildman–Crippen MR) is 88.0 cm³/mol. The monoisotopic (exact) mass is 287 g/mol. The molecule has 2 nitrogen and oxygen atoms in total. The van der Waals surface area contributed by atoms with Crippen LogP contribution in [0.1, 0.15) is 56.6 Å². The fourth-order valence-corrected chi connectivity index (χ4v) is 3.41. The molecule has 1 N–H and O–H groups in total. The van der Waals surface area contributed by atoms with E-state index in [0.717, 1.165) is 36.8 Å².